The maximum Gasteiger partial charge on any atom is 0.286 e. The number of fused-ring (bicyclic) bond motifs is 1. The number of hydrogen-bond acceptors (Lipinski definition) is 7. The van der Waals surface area contributed by atoms with E-state index in [-0.39, 0.29) is 16.8 Å². The highest BCUT2D eigenvalue weighted by Gasteiger charge is 2.25. The van der Waals surface area contributed by atoms with Gasteiger partial charge < -0.3 is 15.8 Å². The van der Waals surface area contributed by atoms with Crippen molar-refractivity contribution in [3.63, 3.8) is 0 Å². The molecule has 3 aromatic rings. The topological polar surface area (TPSA) is 112 Å². The highest BCUT2D eigenvalue weighted by molar-refractivity contribution is 7.90. The van der Waals surface area contributed by atoms with Crippen LogP contribution in [-0.4, -0.2) is 29.2 Å². The number of aromatic nitrogens is 3. The molecular weight excluding hydrogens is 390 g/mol. The third-order valence-corrected chi connectivity index (χ3v) is 5.98. The Kier molecular flexibility index (Phi) is 4.40. The van der Waals surface area contributed by atoms with Gasteiger partial charge in [-0.2, -0.15) is 13.4 Å². The fourth-order valence-electron chi connectivity index (χ4n) is 2.77. The number of halogens is 1. The van der Waals surface area contributed by atoms with Crippen LogP contribution < -0.4 is 15.8 Å². The fraction of sp³-hybridized carbons (Fsp3) is 0.176. The van der Waals surface area contributed by atoms with Crippen LogP contribution in [0.2, 0.25) is 5.02 Å². The molecule has 140 valence electrons. The lowest BCUT2D eigenvalue weighted by molar-refractivity contribution is 0.356. The molecule has 0 fully saturated rings. The first-order chi connectivity index (χ1) is 12.9. The second-order valence-electron chi connectivity index (χ2n) is 5.99. The minimum absolute atomic E-state index is 0.0904. The van der Waals surface area contributed by atoms with Gasteiger partial charge in [-0.05, 0) is 41.5 Å². The molecule has 4 rings (SSSR count). The minimum Gasteiger partial charge on any atom is -0.493 e. The molecule has 0 atom stereocenters. The third kappa shape index (κ3) is 3.43. The summed E-state index contributed by atoms with van der Waals surface area (Å²) >= 11 is 5.86. The number of nitrogens with one attached hydrogen (secondary N) is 1. The standard InChI is InChI=1S/C17H16ClN5O3S/c18-13-3-1-11(2-4-13)10-20-17-21-16(19)23(22-17)27(24,25)14-5-6-15-12(9-14)7-8-26-15/h1-6,9H,7-8,10H2,(H3,19,20,21,22). The van der Waals surface area contributed by atoms with Gasteiger partial charge in [0.05, 0.1) is 11.5 Å². The average molecular weight is 406 g/mol. The van der Waals surface area contributed by atoms with Gasteiger partial charge in [0.1, 0.15) is 5.75 Å². The number of rotatable bonds is 5. The summed E-state index contributed by atoms with van der Waals surface area (Å²) in [6, 6.07) is 11.9. The molecule has 27 heavy (non-hydrogen) atoms. The van der Waals surface area contributed by atoms with Gasteiger partial charge in [0.25, 0.3) is 10.0 Å². The molecule has 10 heteroatoms. The number of anilines is 2. The van der Waals surface area contributed by atoms with Crippen LogP contribution in [0.5, 0.6) is 5.75 Å². The van der Waals surface area contributed by atoms with E-state index in [1.807, 2.05) is 12.1 Å². The van der Waals surface area contributed by atoms with E-state index in [2.05, 4.69) is 15.4 Å². The van der Waals surface area contributed by atoms with E-state index in [4.69, 9.17) is 22.1 Å². The van der Waals surface area contributed by atoms with E-state index in [9.17, 15) is 8.42 Å². The van der Waals surface area contributed by atoms with Crippen molar-refractivity contribution in [1.82, 2.24) is 14.2 Å². The summed E-state index contributed by atoms with van der Waals surface area (Å²) in [5.74, 6) is 0.603. The molecule has 0 aliphatic carbocycles. The monoisotopic (exact) mass is 405 g/mol. The van der Waals surface area contributed by atoms with Gasteiger partial charge in [-0.1, -0.05) is 23.7 Å². The summed E-state index contributed by atoms with van der Waals surface area (Å²) in [4.78, 5) is 4.09. The molecule has 8 nitrogen and oxygen atoms in total. The molecule has 2 heterocycles. The normalized spacial score (nSPS) is 13.2. The van der Waals surface area contributed by atoms with Crippen molar-refractivity contribution in [2.24, 2.45) is 0 Å². The summed E-state index contributed by atoms with van der Waals surface area (Å²) in [5, 5.41) is 7.60. The Balaban J connectivity index is 1.57. The highest BCUT2D eigenvalue weighted by atomic mass is 35.5. The van der Waals surface area contributed by atoms with Crippen LogP contribution in [0.15, 0.2) is 47.4 Å². The van der Waals surface area contributed by atoms with Crippen molar-refractivity contribution >= 4 is 33.5 Å². The zero-order valence-electron chi connectivity index (χ0n) is 14.1. The van der Waals surface area contributed by atoms with Crippen LogP contribution in [0.1, 0.15) is 11.1 Å². The zero-order chi connectivity index (χ0) is 19.0. The van der Waals surface area contributed by atoms with Crippen LogP contribution in [-0.2, 0) is 23.0 Å². The van der Waals surface area contributed by atoms with Crippen LogP contribution in [0.3, 0.4) is 0 Å². The molecule has 1 aliphatic rings. The SMILES string of the molecule is Nc1nc(NCc2ccc(Cl)cc2)nn1S(=O)(=O)c1ccc2c(c1)CCO2. The first-order valence-electron chi connectivity index (χ1n) is 8.15. The molecule has 0 saturated carbocycles. The van der Waals surface area contributed by atoms with Gasteiger partial charge in [-0.3, -0.25) is 0 Å². The maximum absolute atomic E-state index is 12.9. The van der Waals surface area contributed by atoms with Gasteiger partial charge in [-0.25, -0.2) is 0 Å². The molecule has 0 unspecified atom stereocenters. The molecule has 0 radical (unpaired) electrons. The largest absolute Gasteiger partial charge is 0.493 e. The molecule has 0 saturated heterocycles. The van der Waals surface area contributed by atoms with Gasteiger partial charge in [0.2, 0.25) is 11.9 Å². The highest BCUT2D eigenvalue weighted by Crippen LogP contribution is 2.28. The molecule has 0 amide bonds. The molecular formula is C17H16ClN5O3S. The summed E-state index contributed by atoms with van der Waals surface area (Å²) < 4.78 is 31.9. The first kappa shape index (κ1) is 17.6. The molecule has 3 N–H and O–H groups in total. The van der Waals surface area contributed by atoms with Gasteiger partial charge in [0, 0.05) is 18.0 Å². The van der Waals surface area contributed by atoms with Crippen LogP contribution in [0.25, 0.3) is 0 Å². The fourth-order valence-corrected chi connectivity index (χ4v) is 4.10. The van der Waals surface area contributed by atoms with Crippen LogP contribution >= 0.6 is 11.6 Å². The van der Waals surface area contributed by atoms with E-state index in [0.717, 1.165) is 15.2 Å². The average Bonchev–Trinajstić information content (AvgIpc) is 3.27. The Labute approximate surface area is 161 Å². The van der Waals surface area contributed by atoms with E-state index in [1.54, 1.807) is 24.3 Å². The third-order valence-electron chi connectivity index (χ3n) is 4.15. The van der Waals surface area contributed by atoms with Gasteiger partial charge in [0.15, 0.2) is 0 Å². The molecule has 1 aliphatic heterocycles. The van der Waals surface area contributed by atoms with Crippen molar-refractivity contribution in [2.75, 3.05) is 17.7 Å². The Bertz CT molecular complexity index is 1100. The lowest BCUT2D eigenvalue weighted by Crippen LogP contribution is -2.17. The Morgan fingerprint density at radius 2 is 2.00 bits per heavy atom. The quantitative estimate of drug-likeness (QED) is 0.669. The second-order valence-corrected chi connectivity index (χ2v) is 8.19. The van der Waals surface area contributed by atoms with Crippen molar-refractivity contribution in [2.45, 2.75) is 17.9 Å². The zero-order valence-corrected chi connectivity index (χ0v) is 15.7. The van der Waals surface area contributed by atoms with Crippen molar-refractivity contribution in [1.29, 1.82) is 0 Å². The second kappa shape index (κ2) is 6.75. The molecule has 0 bridgehead atoms. The Morgan fingerprint density at radius 1 is 1.22 bits per heavy atom. The summed E-state index contributed by atoms with van der Waals surface area (Å²) in [6.07, 6.45) is 0.666. The van der Waals surface area contributed by atoms with E-state index in [0.29, 0.717) is 30.3 Å². The summed E-state index contributed by atoms with van der Waals surface area (Å²) in [6.45, 7) is 0.944. The van der Waals surface area contributed by atoms with E-state index < -0.39 is 10.0 Å². The minimum atomic E-state index is -3.95. The summed E-state index contributed by atoms with van der Waals surface area (Å²) in [7, 11) is -3.95. The van der Waals surface area contributed by atoms with E-state index >= 15 is 0 Å². The predicted octanol–water partition coefficient (Wildman–Crippen LogP) is 2.30. The number of benzene rings is 2. The molecule has 1 aromatic heterocycles. The van der Waals surface area contributed by atoms with E-state index in [1.165, 1.54) is 6.07 Å². The van der Waals surface area contributed by atoms with Crippen LogP contribution in [0.4, 0.5) is 11.9 Å². The smallest absolute Gasteiger partial charge is 0.286 e. The lowest BCUT2D eigenvalue weighted by atomic mass is 10.2. The lowest BCUT2D eigenvalue weighted by Gasteiger charge is -2.06. The number of nitrogens with two attached hydrogens (primary N) is 1. The van der Waals surface area contributed by atoms with Crippen molar-refractivity contribution < 1.29 is 13.2 Å². The van der Waals surface area contributed by atoms with Crippen molar-refractivity contribution in [3.05, 3.63) is 58.6 Å². The van der Waals surface area contributed by atoms with Gasteiger partial charge in [-0.15, -0.1) is 9.19 Å². The number of nitrogen functional groups attached to an aromatic ring is 1. The number of nitrogens with zero attached hydrogens (tertiary/aromatic N) is 3. The van der Waals surface area contributed by atoms with Crippen LogP contribution in [0, 0.1) is 0 Å². The predicted molar refractivity (Wildman–Crippen MR) is 101 cm³/mol. The van der Waals surface area contributed by atoms with Gasteiger partial charge >= 0.3 is 0 Å². The number of ether oxygens (including phenoxy) is 1. The molecule has 2 aromatic carbocycles. The maximum atomic E-state index is 12.9. The first-order valence-corrected chi connectivity index (χ1v) is 9.97. The Morgan fingerprint density at radius 3 is 2.78 bits per heavy atom. The van der Waals surface area contributed by atoms with Crippen molar-refractivity contribution in [3.8, 4) is 5.75 Å². The Hall–Kier alpha value is -2.78. The molecule has 0 spiro atoms. The number of hydrogen-bond donors (Lipinski definition) is 2. The summed E-state index contributed by atoms with van der Waals surface area (Å²) in [5.41, 5.74) is 7.58.